The number of carbonyl (C=O) groups is 2. The molecule has 0 aliphatic heterocycles. The minimum Gasteiger partial charge on any atom is -0.478 e. The number of nitrogens with zero attached hydrogens (tertiary/aromatic N) is 5. The molecule has 3 aromatic heterocycles. The minimum atomic E-state index is -0.878. The molecule has 9 rings (SSSR count). The molecule has 5 aliphatic carbocycles. The van der Waals surface area contributed by atoms with Crippen molar-refractivity contribution in [3.8, 4) is 38.5 Å². The Morgan fingerprint density at radius 2 is 1.43 bits per heavy atom. The van der Waals surface area contributed by atoms with E-state index < -0.39 is 5.97 Å². The number of carboxylic acid groups (broad SMARTS) is 1. The summed E-state index contributed by atoms with van der Waals surface area (Å²) in [6.45, 7) is 27.2. The number of Topliss-reactive ketones (excluding diaryl/α,β-unsaturated/α-hetero) is 1. The maximum absolute atomic E-state index is 14.1. The second-order valence-corrected chi connectivity index (χ2v) is 21.7. The summed E-state index contributed by atoms with van der Waals surface area (Å²) in [7, 11) is 0. The number of anilines is 1. The largest absolute Gasteiger partial charge is 0.478 e. The van der Waals surface area contributed by atoms with E-state index in [-0.39, 0.29) is 34.1 Å². The van der Waals surface area contributed by atoms with Gasteiger partial charge in [0.15, 0.2) is 10.9 Å². The molecule has 0 radical (unpaired) electrons. The molecule has 4 aromatic rings. The zero-order valence-electron chi connectivity index (χ0n) is 45.1. The molecular formula is C65H79N5O3S. The number of fused-ring (bicyclic) bond motifs is 7. The van der Waals surface area contributed by atoms with Crippen LogP contribution in [0.5, 0.6) is 0 Å². The van der Waals surface area contributed by atoms with E-state index in [1.807, 2.05) is 81.5 Å². The predicted octanol–water partition coefficient (Wildman–Crippen LogP) is 15.4. The number of aliphatic imine (C=N–C) groups is 1. The molecule has 8 atom stereocenters. The molecule has 0 amide bonds. The highest BCUT2D eigenvalue weighted by Gasteiger charge is 2.66. The van der Waals surface area contributed by atoms with Crippen molar-refractivity contribution in [1.82, 2.24) is 15.0 Å². The molecule has 4 unspecified atom stereocenters. The maximum atomic E-state index is 14.1. The molecule has 4 saturated carbocycles. The van der Waals surface area contributed by atoms with Crippen molar-refractivity contribution in [3.63, 3.8) is 0 Å². The number of thiazole rings is 1. The number of hydrogen-bond donors (Lipinski definition) is 1. The molecule has 0 spiro atoms. The van der Waals surface area contributed by atoms with Crippen molar-refractivity contribution in [2.24, 2.45) is 50.8 Å². The summed E-state index contributed by atoms with van der Waals surface area (Å²) in [6.07, 6.45) is 49.0. The number of terminal acetylenes is 3. The van der Waals surface area contributed by atoms with Gasteiger partial charge in [0.1, 0.15) is 11.4 Å². The van der Waals surface area contributed by atoms with Crippen LogP contribution in [0.2, 0.25) is 0 Å². The Bertz CT molecular complexity index is 2680. The molecule has 8 nitrogen and oxygen atoms in total. The monoisotopic (exact) mass is 1010 g/mol. The Morgan fingerprint density at radius 3 is 1.99 bits per heavy atom. The van der Waals surface area contributed by atoms with E-state index in [0.29, 0.717) is 40.8 Å². The van der Waals surface area contributed by atoms with Gasteiger partial charge >= 0.3 is 5.97 Å². The van der Waals surface area contributed by atoms with E-state index in [4.69, 9.17) is 4.98 Å². The van der Waals surface area contributed by atoms with Crippen LogP contribution in [0.4, 0.5) is 5.13 Å². The average molecular weight is 1010 g/mol. The first-order valence-electron chi connectivity index (χ1n) is 25.8. The van der Waals surface area contributed by atoms with Gasteiger partial charge in [0.2, 0.25) is 0 Å². The number of aromatic nitrogens is 3. The Kier molecular flexibility index (Phi) is 21.7. The number of carbonyl (C=O) groups excluding carboxylic acids is 1. The summed E-state index contributed by atoms with van der Waals surface area (Å²) < 4.78 is 0. The van der Waals surface area contributed by atoms with Gasteiger partial charge in [0.25, 0.3) is 0 Å². The number of aromatic carboxylic acids is 1. The molecule has 4 fully saturated rings. The van der Waals surface area contributed by atoms with Gasteiger partial charge in [-0.2, -0.15) is 0 Å². The SMILES string of the molecule is C#C.C#C.C#C.C=C(C)c1ccccn1.C=CC.C=CN=C(/C=C\C)c1csc(N(CC(=O)c2ccccn2)[C@]23CCCC2[C@H]2CCC4[C@@](C)(CCC5C(C)(C)C(c6ccc(C(=O)O)cc6)=CC[C@@]54C)C2CC3)n1. The molecule has 1 aromatic carbocycles. The van der Waals surface area contributed by atoms with E-state index in [1.165, 1.54) is 50.5 Å². The number of ketones is 1. The fourth-order valence-corrected chi connectivity index (χ4v) is 15.2. The second kappa shape index (κ2) is 26.9. The van der Waals surface area contributed by atoms with Gasteiger partial charge in [-0.05, 0) is 184 Å². The number of allylic oxidation sites excluding steroid dienone is 6. The lowest BCUT2D eigenvalue weighted by Crippen LogP contribution is -2.64. The molecule has 1 N–H and O–H groups in total. The summed E-state index contributed by atoms with van der Waals surface area (Å²) in [5.41, 5.74) is 7.30. The van der Waals surface area contributed by atoms with Crippen molar-refractivity contribution in [2.45, 2.75) is 118 Å². The number of rotatable bonds is 11. The van der Waals surface area contributed by atoms with Gasteiger partial charge in [-0.15, -0.1) is 56.5 Å². The molecule has 3 heterocycles. The van der Waals surface area contributed by atoms with Crippen molar-refractivity contribution in [1.29, 1.82) is 0 Å². The van der Waals surface area contributed by atoms with E-state index in [9.17, 15) is 14.7 Å². The first-order valence-corrected chi connectivity index (χ1v) is 26.6. The molecule has 9 heteroatoms. The molecule has 0 saturated heterocycles. The lowest BCUT2D eigenvalue weighted by Gasteiger charge is -2.69. The molecule has 0 bridgehead atoms. The Morgan fingerprint density at radius 1 is 0.797 bits per heavy atom. The van der Waals surface area contributed by atoms with Crippen LogP contribution < -0.4 is 4.90 Å². The van der Waals surface area contributed by atoms with Crippen LogP contribution in [0, 0.1) is 84.4 Å². The minimum absolute atomic E-state index is 0.0144. The number of pyridine rings is 2. The Labute approximate surface area is 448 Å². The quantitative estimate of drug-likeness (QED) is 0.0690. The van der Waals surface area contributed by atoms with Crippen LogP contribution in [0.15, 0.2) is 134 Å². The van der Waals surface area contributed by atoms with E-state index in [0.717, 1.165) is 52.6 Å². The summed E-state index contributed by atoms with van der Waals surface area (Å²) in [5, 5.41) is 12.5. The maximum Gasteiger partial charge on any atom is 0.335 e. The fraction of sp³-hybridized carbons (Fsp3) is 0.415. The van der Waals surface area contributed by atoms with Gasteiger partial charge < -0.3 is 10.0 Å². The highest BCUT2D eigenvalue weighted by molar-refractivity contribution is 7.14. The molecular weight excluding hydrogens is 931 g/mol. The lowest BCUT2D eigenvalue weighted by molar-refractivity contribution is -0.171. The van der Waals surface area contributed by atoms with E-state index in [1.54, 1.807) is 48.1 Å². The smallest absolute Gasteiger partial charge is 0.335 e. The summed E-state index contributed by atoms with van der Waals surface area (Å²) >= 11 is 1.63. The summed E-state index contributed by atoms with van der Waals surface area (Å²) in [6, 6.07) is 19.0. The van der Waals surface area contributed by atoms with Gasteiger partial charge in [0, 0.05) is 29.5 Å². The third-order valence-electron chi connectivity index (χ3n) is 16.9. The molecule has 388 valence electrons. The highest BCUT2D eigenvalue weighted by Crippen LogP contribution is 2.73. The topological polar surface area (TPSA) is 109 Å². The third kappa shape index (κ3) is 12.2. The normalized spacial score (nSPS) is 26.6. The van der Waals surface area contributed by atoms with Gasteiger partial charge in [0.05, 0.1) is 23.5 Å². The molecule has 74 heavy (non-hydrogen) atoms. The van der Waals surface area contributed by atoms with Crippen LogP contribution >= 0.6 is 11.3 Å². The van der Waals surface area contributed by atoms with Gasteiger partial charge in [-0.3, -0.25) is 19.8 Å². The van der Waals surface area contributed by atoms with Crippen LogP contribution in [-0.2, 0) is 0 Å². The average Bonchev–Trinajstić information content (AvgIpc) is 4.10. The highest BCUT2D eigenvalue weighted by atomic mass is 32.1. The number of benzene rings is 1. The lowest BCUT2D eigenvalue weighted by atomic mass is 9.37. The summed E-state index contributed by atoms with van der Waals surface area (Å²) in [5.74, 6) is 2.16. The predicted molar refractivity (Wildman–Crippen MR) is 312 cm³/mol. The first-order chi connectivity index (χ1) is 35.6. The first kappa shape index (κ1) is 59.7. The number of hydrogen-bond acceptors (Lipinski definition) is 8. The van der Waals surface area contributed by atoms with Gasteiger partial charge in [-0.25, -0.2) is 9.78 Å². The van der Waals surface area contributed by atoms with Crippen LogP contribution in [0.3, 0.4) is 0 Å². The molecule has 5 aliphatic rings. The zero-order chi connectivity index (χ0) is 54.9. The summed E-state index contributed by atoms with van der Waals surface area (Å²) in [4.78, 5) is 46.5. The zero-order valence-corrected chi connectivity index (χ0v) is 45.9. The van der Waals surface area contributed by atoms with Crippen molar-refractivity contribution in [3.05, 3.63) is 157 Å². The van der Waals surface area contributed by atoms with Crippen molar-refractivity contribution in [2.75, 3.05) is 11.4 Å². The van der Waals surface area contributed by atoms with Crippen LogP contribution in [0.1, 0.15) is 150 Å². The fourth-order valence-electron chi connectivity index (χ4n) is 14.3. The van der Waals surface area contributed by atoms with Crippen LogP contribution in [-0.4, -0.2) is 49.6 Å². The standard InChI is InChI=1S/C48H58N4O3S.C8H9N.C3H6.3C2H2/c1-7-12-37(49-8-2)39-30-56-44(51-39)52(29-40(53)38-14-9-10-28-50-38)48-24-11-13-36(48)33-19-20-42-46(5,35(33)22-27-48)26-23-41-45(3,4)34(21-25-47(41,42)6)31-15-17-32(18-16-31)43(54)55;1-7(2)8-5-3-4-6-9-8;1-3-2;3*1-2/h7-10,12,14-18,21,28,30,33,35-36,41-42H,2,11,13,19-20,22-27,29H2,1,3-6H3,(H,54,55);3-6H,1H2,2H3;3H,1H2,2H3;3*1-2H/b12-7-,49-37?;;;;;/t33-,35?,36?,41?,42?,46-,47-,48-;;;;;/m0...../s1. The van der Waals surface area contributed by atoms with Crippen molar-refractivity contribution < 1.29 is 14.7 Å². The van der Waals surface area contributed by atoms with Crippen molar-refractivity contribution >= 4 is 45.1 Å². The second-order valence-electron chi connectivity index (χ2n) is 20.9. The van der Waals surface area contributed by atoms with Gasteiger partial charge in [-0.1, -0.05) is 89.8 Å². The van der Waals surface area contributed by atoms with Crippen LogP contribution in [0.25, 0.3) is 11.1 Å². The Hall–Kier alpha value is -6.86. The third-order valence-corrected chi connectivity index (χ3v) is 17.8. The number of carboxylic acids is 1. The Balaban J connectivity index is 0.000000571. The van der Waals surface area contributed by atoms with E-state index in [2.05, 4.69) is 117 Å². The van der Waals surface area contributed by atoms with E-state index >= 15 is 0 Å².